The highest BCUT2D eigenvalue weighted by Gasteiger charge is 2.02. The highest BCUT2D eigenvalue weighted by molar-refractivity contribution is 5.26. The predicted molar refractivity (Wildman–Crippen MR) is 77.2 cm³/mol. The van der Waals surface area contributed by atoms with Crippen molar-refractivity contribution >= 4 is 0 Å². The van der Waals surface area contributed by atoms with Gasteiger partial charge in [-0.1, -0.05) is 24.3 Å². The first-order valence-corrected chi connectivity index (χ1v) is 6.59. The Morgan fingerprint density at radius 3 is 1.61 bits per heavy atom. The zero-order valence-corrected chi connectivity index (χ0v) is 11.4. The first kappa shape index (κ1) is 15.1. The van der Waals surface area contributed by atoms with Gasteiger partial charge in [-0.05, 0) is 25.0 Å². The topological polar surface area (TPSA) is 76.1 Å². The average Bonchev–Trinajstić information content (AvgIpc) is 2.30. The van der Waals surface area contributed by atoms with Gasteiger partial charge in [0, 0.05) is 38.3 Å². The normalized spacial score (nSPS) is 14.4. The third kappa shape index (κ3) is 6.12. The average molecular weight is 250 g/mol. The summed E-state index contributed by atoms with van der Waals surface area (Å²) in [6, 6.07) is 8.81. The quantitative estimate of drug-likeness (QED) is 0.544. The molecule has 0 heterocycles. The summed E-state index contributed by atoms with van der Waals surface area (Å²) < 4.78 is 0. The Kier molecular flexibility index (Phi) is 6.90. The SMILES string of the molecule is C[C@@H](N)CNCc1ccccc1CNC[C@@H](C)N. The molecule has 2 atom stereocenters. The molecule has 1 aromatic carbocycles. The third-order valence-corrected chi connectivity index (χ3v) is 2.68. The zero-order chi connectivity index (χ0) is 13.4. The number of benzene rings is 1. The van der Waals surface area contributed by atoms with E-state index in [1.807, 2.05) is 13.8 Å². The van der Waals surface area contributed by atoms with E-state index in [0.717, 1.165) is 26.2 Å². The van der Waals surface area contributed by atoms with Gasteiger partial charge in [0.05, 0.1) is 0 Å². The second-order valence-electron chi connectivity index (χ2n) is 4.99. The van der Waals surface area contributed by atoms with Crippen LogP contribution in [0.5, 0.6) is 0 Å². The Labute approximate surface area is 110 Å². The second kappa shape index (κ2) is 8.21. The van der Waals surface area contributed by atoms with Crippen LogP contribution in [0.4, 0.5) is 0 Å². The minimum absolute atomic E-state index is 0.188. The third-order valence-electron chi connectivity index (χ3n) is 2.68. The fourth-order valence-electron chi connectivity index (χ4n) is 1.77. The monoisotopic (exact) mass is 250 g/mol. The summed E-state index contributed by atoms with van der Waals surface area (Å²) in [7, 11) is 0. The van der Waals surface area contributed by atoms with Crippen molar-refractivity contribution < 1.29 is 0 Å². The van der Waals surface area contributed by atoms with Crippen molar-refractivity contribution in [3.05, 3.63) is 35.4 Å². The fourth-order valence-corrected chi connectivity index (χ4v) is 1.77. The second-order valence-corrected chi connectivity index (χ2v) is 4.99. The molecule has 0 aliphatic heterocycles. The first-order chi connectivity index (χ1) is 8.59. The number of nitrogens with two attached hydrogens (primary N) is 2. The van der Waals surface area contributed by atoms with Gasteiger partial charge in [0.15, 0.2) is 0 Å². The molecule has 0 fully saturated rings. The van der Waals surface area contributed by atoms with Crippen molar-refractivity contribution in [2.24, 2.45) is 11.5 Å². The first-order valence-electron chi connectivity index (χ1n) is 6.59. The molecular formula is C14H26N4. The highest BCUT2D eigenvalue weighted by atomic mass is 14.9. The number of hydrogen-bond donors (Lipinski definition) is 4. The lowest BCUT2D eigenvalue weighted by Crippen LogP contribution is -2.32. The largest absolute Gasteiger partial charge is 0.327 e. The van der Waals surface area contributed by atoms with Gasteiger partial charge < -0.3 is 22.1 Å². The van der Waals surface area contributed by atoms with E-state index < -0.39 is 0 Å². The summed E-state index contributed by atoms with van der Waals surface area (Å²) in [6.07, 6.45) is 0. The Bertz CT molecular complexity index is 303. The number of rotatable bonds is 8. The van der Waals surface area contributed by atoms with E-state index in [2.05, 4.69) is 34.9 Å². The van der Waals surface area contributed by atoms with Gasteiger partial charge in [0.2, 0.25) is 0 Å². The van der Waals surface area contributed by atoms with Crippen LogP contribution in [0.2, 0.25) is 0 Å². The van der Waals surface area contributed by atoms with Crippen molar-refractivity contribution in [1.82, 2.24) is 10.6 Å². The van der Waals surface area contributed by atoms with E-state index in [4.69, 9.17) is 11.5 Å². The van der Waals surface area contributed by atoms with E-state index in [9.17, 15) is 0 Å². The molecule has 0 bridgehead atoms. The lowest BCUT2D eigenvalue weighted by Gasteiger charge is -2.13. The van der Waals surface area contributed by atoms with Crippen molar-refractivity contribution in [1.29, 1.82) is 0 Å². The molecule has 0 aromatic heterocycles. The lowest BCUT2D eigenvalue weighted by molar-refractivity contribution is 0.590. The maximum absolute atomic E-state index is 5.72. The molecule has 0 amide bonds. The molecule has 1 aromatic rings. The van der Waals surface area contributed by atoms with Crippen LogP contribution in [-0.2, 0) is 13.1 Å². The molecule has 6 N–H and O–H groups in total. The van der Waals surface area contributed by atoms with Crippen LogP contribution < -0.4 is 22.1 Å². The van der Waals surface area contributed by atoms with Crippen molar-refractivity contribution in [3.63, 3.8) is 0 Å². The molecule has 4 heteroatoms. The molecule has 1 rings (SSSR count). The Balaban J connectivity index is 2.45. The van der Waals surface area contributed by atoms with Crippen LogP contribution in [0, 0.1) is 0 Å². The molecule has 4 nitrogen and oxygen atoms in total. The summed E-state index contributed by atoms with van der Waals surface area (Å²) in [5, 5.41) is 6.73. The minimum atomic E-state index is 0.188. The summed E-state index contributed by atoms with van der Waals surface area (Å²) in [5.74, 6) is 0. The molecule has 0 spiro atoms. The summed E-state index contributed by atoms with van der Waals surface area (Å²) in [6.45, 7) is 7.39. The molecule has 0 radical (unpaired) electrons. The van der Waals surface area contributed by atoms with E-state index in [0.29, 0.717) is 0 Å². The van der Waals surface area contributed by atoms with Gasteiger partial charge in [-0.2, -0.15) is 0 Å². The fraction of sp³-hybridized carbons (Fsp3) is 0.571. The molecular weight excluding hydrogens is 224 g/mol. The molecule has 0 saturated carbocycles. The molecule has 0 unspecified atom stereocenters. The van der Waals surface area contributed by atoms with Crippen LogP contribution in [0.25, 0.3) is 0 Å². The molecule has 18 heavy (non-hydrogen) atoms. The van der Waals surface area contributed by atoms with Crippen LogP contribution in [0.1, 0.15) is 25.0 Å². The van der Waals surface area contributed by atoms with E-state index in [1.165, 1.54) is 11.1 Å². The molecule has 0 saturated heterocycles. The van der Waals surface area contributed by atoms with Gasteiger partial charge in [0.25, 0.3) is 0 Å². The summed E-state index contributed by atoms with van der Waals surface area (Å²) >= 11 is 0. The molecule has 0 aliphatic rings. The Hall–Kier alpha value is -0.940. The van der Waals surface area contributed by atoms with E-state index in [1.54, 1.807) is 0 Å². The van der Waals surface area contributed by atoms with Gasteiger partial charge in [-0.25, -0.2) is 0 Å². The molecule has 102 valence electrons. The Morgan fingerprint density at radius 2 is 1.28 bits per heavy atom. The van der Waals surface area contributed by atoms with Crippen LogP contribution in [0.15, 0.2) is 24.3 Å². The standard InChI is InChI=1S/C14H26N4/c1-11(15)7-17-9-13-5-3-4-6-14(13)10-18-8-12(2)16/h3-6,11-12,17-18H,7-10,15-16H2,1-2H3/t11-,12-/m1/s1. The maximum atomic E-state index is 5.72. The predicted octanol–water partition coefficient (Wildman–Crippen LogP) is 0.560. The van der Waals surface area contributed by atoms with Gasteiger partial charge in [-0.15, -0.1) is 0 Å². The van der Waals surface area contributed by atoms with Gasteiger partial charge in [-0.3, -0.25) is 0 Å². The minimum Gasteiger partial charge on any atom is -0.327 e. The van der Waals surface area contributed by atoms with Crippen molar-refractivity contribution in [2.45, 2.75) is 39.0 Å². The highest BCUT2D eigenvalue weighted by Crippen LogP contribution is 2.08. The van der Waals surface area contributed by atoms with E-state index in [-0.39, 0.29) is 12.1 Å². The van der Waals surface area contributed by atoms with Crippen LogP contribution >= 0.6 is 0 Å². The lowest BCUT2D eigenvalue weighted by atomic mass is 10.1. The van der Waals surface area contributed by atoms with Crippen LogP contribution in [-0.4, -0.2) is 25.2 Å². The van der Waals surface area contributed by atoms with E-state index >= 15 is 0 Å². The van der Waals surface area contributed by atoms with Crippen LogP contribution in [0.3, 0.4) is 0 Å². The maximum Gasteiger partial charge on any atom is 0.0209 e. The van der Waals surface area contributed by atoms with Gasteiger partial charge >= 0.3 is 0 Å². The van der Waals surface area contributed by atoms with Crippen molar-refractivity contribution in [2.75, 3.05) is 13.1 Å². The smallest absolute Gasteiger partial charge is 0.0209 e. The zero-order valence-electron chi connectivity index (χ0n) is 11.4. The number of nitrogens with one attached hydrogen (secondary N) is 2. The van der Waals surface area contributed by atoms with Gasteiger partial charge in [0.1, 0.15) is 0 Å². The number of hydrogen-bond acceptors (Lipinski definition) is 4. The summed E-state index contributed by atoms with van der Waals surface area (Å²) in [5.41, 5.74) is 14.1. The Morgan fingerprint density at radius 1 is 0.889 bits per heavy atom. The molecule has 0 aliphatic carbocycles. The van der Waals surface area contributed by atoms with Crippen molar-refractivity contribution in [3.8, 4) is 0 Å². The summed E-state index contributed by atoms with van der Waals surface area (Å²) in [4.78, 5) is 0.